The number of carbonyl (C=O) groups excluding carboxylic acids is 1. The Balaban J connectivity index is 2.46. The van der Waals surface area contributed by atoms with Gasteiger partial charge < -0.3 is 15.4 Å². The molecule has 1 amide bonds. The number of hydrogen-bond acceptors (Lipinski definition) is 3. The first-order valence-electron chi connectivity index (χ1n) is 6.26. The van der Waals surface area contributed by atoms with E-state index in [-0.39, 0.29) is 12.0 Å². The molecule has 94 valence electrons. The summed E-state index contributed by atoms with van der Waals surface area (Å²) in [5, 5.41) is 0. The maximum absolute atomic E-state index is 11.8. The van der Waals surface area contributed by atoms with Crippen molar-refractivity contribution < 1.29 is 9.53 Å². The van der Waals surface area contributed by atoms with Crippen LogP contribution in [0.1, 0.15) is 33.1 Å². The summed E-state index contributed by atoms with van der Waals surface area (Å²) >= 11 is 0. The minimum Gasteiger partial charge on any atom is -0.375 e. The van der Waals surface area contributed by atoms with Gasteiger partial charge in [-0.1, -0.05) is 6.92 Å². The molecule has 1 fully saturated rings. The molecule has 0 bridgehead atoms. The van der Waals surface area contributed by atoms with Crippen molar-refractivity contribution in [1.82, 2.24) is 4.90 Å². The van der Waals surface area contributed by atoms with Gasteiger partial charge in [-0.3, -0.25) is 4.79 Å². The van der Waals surface area contributed by atoms with Crippen LogP contribution in [-0.4, -0.2) is 43.2 Å². The van der Waals surface area contributed by atoms with E-state index in [0.717, 1.165) is 19.4 Å². The van der Waals surface area contributed by atoms with E-state index in [1.807, 2.05) is 11.8 Å². The van der Waals surface area contributed by atoms with Crippen molar-refractivity contribution in [1.29, 1.82) is 0 Å². The molecule has 1 rings (SSSR count). The molecule has 2 unspecified atom stereocenters. The van der Waals surface area contributed by atoms with Crippen LogP contribution in [0.2, 0.25) is 0 Å². The molecule has 2 atom stereocenters. The summed E-state index contributed by atoms with van der Waals surface area (Å²) < 4.78 is 5.49. The predicted molar refractivity (Wildman–Crippen MR) is 64.1 cm³/mol. The van der Waals surface area contributed by atoms with Crippen LogP contribution in [0.4, 0.5) is 0 Å². The monoisotopic (exact) mass is 228 g/mol. The Bertz CT molecular complexity index is 221. The summed E-state index contributed by atoms with van der Waals surface area (Å²) in [6.07, 6.45) is 2.76. The average molecular weight is 228 g/mol. The second-order valence-corrected chi connectivity index (χ2v) is 4.59. The molecule has 4 heteroatoms. The van der Waals surface area contributed by atoms with Crippen molar-refractivity contribution in [3.8, 4) is 0 Å². The number of hydrogen-bond donors (Lipinski definition) is 1. The van der Waals surface area contributed by atoms with Gasteiger partial charge in [0.15, 0.2) is 0 Å². The van der Waals surface area contributed by atoms with Gasteiger partial charge in [0.1, 0.15) is 0 Å². The number of nitrogens with zero attached hydrogens (tertiary/aromatic N) is 1. The van der Waals surface area contributed by atoms with Crippen LogP contribution in [0.15, 0.2) is 0 Å². The Morgan fingerprint density at radius 1 is 1.56 bits per heavy atom. The largest absolute Gasteiger partial charge is 0.375 e. The van der Waals surface area contributed by atoms with Crippen LogP contribution in [0.5, 0.6) is 0 Å². The molecule has 4 nitrogen and oxygen atoms in total. The molecular weight excluding hydrogens is 204 g/mol. The first-order valence-corrected chi connectivity index (χ1v) is 6.26. The Morgan fingerprint density at radius 3 is 2.94 bits per heavy atom. The first-order chi connectivity index (χ1) is 7.67. The number of ether oxygens (including phenoxy) is 1. The van der Waals surface area contributed by atoms with Crippen LogP contribution in [0.25, 0.3) is 0 Å². The summed E-state index contributed by atoms with van der Waals surface area (Å²) in [6.45, 7) is 6.79. The molecule has 0 aliphatic carbocycles. The fourth-order valence-electron chi connectivity index (χ4n) is 2.04. The number of amides is 1. The lowest BCUT2D eigenvalue weighted by Gasteiger charge is -2.25. The number of rotatable bonds is 5. The van der Waals surface area contributed by atoms with Gasteiger partial charge in [0.25, 0.3) is 0 Å². The normalized spacial score (nSPS) is 24.3. The van der Waals surface area contributed by atoms with Crippen LogP contribution in [-0.2, 0) is 9.53 Å². The van der Waals surface area contributed by atoms with E-state index < -0.39 is 0 Å². The molecule has 0 spiro atoms. The number of nitrogens with two attached hydrogens (primary N) is 1. The van der Waals surface area contributed by atoms with Gasteiger partial charge in [-0.25, -0.2) is 0 Å². The summed E-state index contributed by atoms with van der Waals surface area (Å²) in [4.78, 5) is 13.8. The average Bonchev–Trinajstić information content (AvgIpc) is 2.43. The van der Waals surface area contributed by atoms with Gasteiger partial charge >= 0.3 is 0 Å². The van der Waals surface area contributed by atoms with Gasteiger partial charge in [-0.15, -0.1) is 0 Å². The van der Waals surface area contributed by atoms with Crippen molar-refractivity contribution in [3.05, 3.63) is 0 Å². The minimum absolute atomic E-state index is 0.0117. The molecule has 0 radical (unpaired) electrons. The van der Waals surface area contributed by atoms with E-state index in [1.54, 1.807) is 0 Å². The highest BCUT2D eigenvalue weighted by atomic mass is 16.5. The summed E-state index contributed by atoms with van der Waals surface area (Å²) in [7, 11) is 0. The smallest absolute Gasteiger partial charge is 0.222 e. The van der Waals surface area contributed by atoms with Crippen molar-refractivity contribution in [2.45, 2.75) is 39.2 Å². The van der Waals surface area contributed by atoms with Crippen LogP contribution < -0.4 is 5.73 Å². The quantitative estimate of drug-likeness (QED) is 0.763. The van der Waals surface area contributed by atoms with Crippen molar-refractivity contribution in [2.24, 2.45) is 11.7 Å². The highest BCUT2D eigenvalue weighted by Crippen LogP contribution is 2.17. The van der Waals surface area contributed by atoms with Gasteiger partial charge in [0, 0.05) is 32.7 Å². The first kappa shape index (κ1) is 13.5. The van der Waals surface area contributed by atoms with E-state index in [2.05, 4.69) is 6.92 Å². The third kappa shape index (κ3) is 4.10. The summed E-state index contributed by atoms with van der Waals surface area (Å²) in [5.74, 6) is 0.903. The zero-order valence-corrected chi connectivity index (χ0v) is 10.4. The molecule has 0 saturated carbocycles. The maximum Gasteiger partial charge on any atom is 0.222 e. The Kier molecular flexibility index (Phi) is 5.77. The Morgan fingerprint density at radius 2 is 2.31 bits per heavy atom. The molecule has 2 N–H and O–H groups in total. The van der Waals surface area contributed by atoms with Crippen LogP contribution >= 0.6 is 0 Å². The van der Waals surface area contributed by atoms with Gasteiger partial charge in [0.2, 0.25) is 5.91 Å². The lowest BCUT2D eigenvalue weighted by Crippen LogP contribution is -2.41. The zero-order valence-electron chi connectivity index (χ0n) is 10.4. The molecule has 1 aliphatic heterocycles. The van der Waals surface area contributed by atoms with Gasteiger partial charge in [0.05, 0.1) is 6.10 Å². The lowest BCUT2D eigenvalue weighted by atomic mass is 10.0. The van der Waals surface area contributed by atoms with E-state index in [4.69, 9.17) is 10.5 Å². The second kappa shape index (κ2) is 6.86. The highest BCUT2D eigenvalue weighted by molar-refractivity contribution is 5.76. The molecule has 1 aliphatic rings. The fraction of sp³-hybridized carbons (Fsp3) is 0.917. The van der Waals surface area contributed by atoms with Crippen molar-refractivity contribution >= 4 is 5.91 Å². The highest BCUT2D eigenvalue weighted by Gasteiger charge is 2.22. The van der Waals surface area contributed by atoms with Crippen molar-refractivity contribution in [3.63, 3.8) is 0 Å². The minimum atomic E-state index is -0.0117. The molecule has 1 saturated heterocycles. The molecular formula is C12H24N2O2. The second-order valence-electron chi connectivity index (χ2n) is 4.59. The number of carbonyl (C=O) groups is 1. The molecule has 0 aromatic carbocycles. The third-order valence-corrected chi connectivity index (χ3v) is 3.18. The predicted octanol–water partition coefficient (Wildman–Crippen LogP) is 0.999. The van der Waals surface area contributed by atoms with Crippen LogP contribution in [0.3, 0.4) is 0 Å². The van der Waals surface area contributed by atoms with Gasteiger partial charge in [-0.2, -0.15) is 0 Å². The molecule has 0 aromatic heterocycles. The fourth-order valence-corrected chi connectivity index (χ4v) is 2.04. The lowest BCUT2D eigenvalue weighted by molar-refractivity contribution is -0.132. The molecule has 16 heavy (non-hydrogen) atoms. The summed E-state index contributed by atoms with van der Waals surface area (Å²) in [6, 6.07) is 0. The standard InChI is InChI=1S/C12H24N2O2/c1-3-16-11(8-13)9-14-7-6-10(2)4-5-12(14)15/h10-11H,3-9,13H2,1-2H3. The van der Waals surface area contributed by atoms with E-state index >= 15 is 0 Å². The zero-order chi connectivity index (χ0) is 12.0. The van der Waals surface area contributed by atoms with Gasteiger partial charge in [-0.05, 0) is 25.7 Å². The SMILES string of the molecule is CCOC(CN)CN1CCC(C)CCC1=O. The Labute approximate surface area is 98.1 Å². The topological polar surface area (TPSA) is 55.6 Å². The van der Waals surface area contributed by atoms with E-state index in [1.165, 1.54) is 0 Å². The van der Waals surface area contributed by atoms with Crippen LogP contribution in [0, 0.1) is 5.92 Å². The van der Waals surface area contributed by atoms with Crippen molar-refractivity contribution in [2.75, 3.05) is 26.2 Å². The van der Waals surface area contributed by atoms with E-state index in [9.17, 15) is 4.79 Å². The molecule has 0 aromatic rings. The third-order valence-electron chi connectivity index (χ3n) is 3.18. The Hall–Kier alpha value is -0.610. The summed E-state index contributed by atoms with van der Waals surface area (Å²) in [5.41, 5.74) is 5.62. The van der Waals surface area contributed by atoms with E-state index in [0.29, 0.717) is 32.0 Å². The molecule has 1 heterocycles. The number of likely N-dealkylation sites (tertiary alicyclic amines) is 1. The maximum atomic E-state index is 11.8.